The lowest BCUT2D eigenvalue weighted by molar-refractivity contribution is 0.208. The van der Waals surface area contributed by atoms with Crippen molar-refractivity contribution in [2.24, 2.45) is 0 Å². The molecule has 4 heteroatoms. The van der Waals surface area contributed by atoms with Crippen molar-refractivity contribution in [3.63, 3.8) is 0 Å². The first kappa shape index (κ1) is 12.5. The molecular formula is C14H14FNO2. The van der Waals surface area contributed by atoms with E-state index in [9.17, 15) is 9.50 Å². The first-order valence-corrected chi connectivity index (χ1v) is 5.73. The molecule has 0 aliphatic heterocycles. The molecule has 18 heavy (non-hydrogen) atoms. The van der Waals surface area contributed by atoms with Crippen LogP contribution in [-0.4, -0.2) is 16.7 Å². The summed E-state index contributed by atoms with van der Waals surface area (Å²) in [5.74, 6) is 0.122. The van der Waals surface area contributed by atoms with Crippen LogP contribution >= 0.6 is 0 Å². The predicted molar refractivity (Wildman–Crippen MR) is 65.9 cm³/mol. The summed E-state index contributed by atoms with van der Waals surface area (Å²) in [6.45, 7) is 2.42. The Balaban J connectivity index is 2.31. The summed E-state index contributed by atoms with van der Waals surface area (Å²) in [5, 5.41) is 10.1. The fourth-order valence-electron chi connectivity index (χ4n) is 1.70. The standard InChI is InChI=1S/C14H14FNO2/c1-2-18-11-6-3-5-10(9-11)14(17)13-12(15)7-4-8-16-13/h3-9,14,17H,2H2,1H3. The van der Waals surface area contributed by atoms with Crippen molar-refractivity contribution >= 4 is 0 Å². The molecule has 0 amide bonds. The van der Waals surface area contributed by atoms with Crippen molar-refractivity contribution in [1.82, 2.24) is 4.98 Å². The van der Waals surface area contributed by atoms with Crippen LogP contribution in [0.25, 0.3) is 0 Å². The Bertz CT molecular complexity index is 531. The Morgan fingerprint density at radius 2 is 2.17 bits per heavy atom. The molecule has 0 saturated heterocycles. The summed E-state index contributed by atoms with van der Waals surface area (Å²) in [4.78, 5) is 3.86. The first-order chi connectivity index (χ1) is 8.72. The third-order valence-corrected chi connectivity index (χ3v) is 2.53. The van der Waals surface area contributed by atoms with Crippen LogP contribution in [-0.2, 0) is 0 Å². The highest BCUT2D eigenvalue weighted by atomic mass is 19.1. The summed E-state index contributed by atoms with van der Waals surface area (Å²) in [6, 6.07) is 9.70. The smallest absolute Gasteiger partial charge is 0.147 e. The Kier molecular flexibility index (Phi) is 3.89. The number of aliphatic hydroxyl groups excluding tert-OH is 1. The highest BCUT2D eigenvalue weighted by Crippen LogP contribution is 2.25. The second kappa shape index (κ2) is 5.60. The molecule has 0 aliphatic rings. The molecule has 1 N–H and O–H groups in total. The average molecular weight is 247 g/mol. The number of hydrogen-bond donors (Lipinski definition) is 1. The normalized spacial score (nSPS) is 12.2. The quantitative estimate of drug-likeness (QED) is 0.903. The molecule has 1 unspecified atom stereocenters. The van der Waals surface area contributed by atoms with Gasteiger partial charge in [0.15, 0.2) is 0 Å². The molecule has 0 spiro atoms. The fourth-order valence-corrected chi connectivity index (χ4v) is 1.70. The molecule has 3 nitrogen and oxygen atoms in total. The molecule has 1 aromatic heterocycles. The number of aromatic nitrogens is 1. The number of aliphatic hydroxyl groups is 1. The van der Waals surface area contributed by atoms with Gasteiger partial charge in [0.2, 0.25) is 0 Å². The van der Waals surface area contributed by atoms with Crippen LogP contribution < -0.4 is 4.74 Å². The van der Waals surface area contributed by atoms with E-state index in [4.69, 9.17) is 4.74 Å². The minimum absolute atomic E-state index is 0.0196. The Morgan fingerprint density at radius 1 is 1.33 bits per heavy atom. The predicted octanol–water partition coefficient (Wildman–Crippen LogP) is 2.70. The number of pyridine rings is 1. The van der Waals surface area contributed by atoms with E-state index in [-0.39, 0.29) is 5.69 Å². The van der Waals surface area contributed by atoms with Gasteiger partial charge in [-0.2, -0.15) is 0 Å². The Hall–Kier alpha value is -1.94. The molecular weight excluding hydrogens is 233 g/mol. The largest absolute Gasteiger partial charge is 0.494 e. The SMILES string of the molecule is CCOc1cccc(C(O)c2ncccc2F)c1. The lowest BCUT2D eigenvalue weighted by Gasteiger charge is -2.12. The van der Waals surface area contributed by atoms with Gasteiger partial charge in [0, 0.05) is 6.20 Å². The Labute approximate surface area is 105 Å². The van der Waals surface area contributed by atoms with Gasteiger partial charge in [-0.3, -0.25) is 4.98 Å². The minimum atomic E-state index is -1.09. The van der Waals surface area contributed by atoms with Crippen molar-refractivity contribution in [3.05, 3.63) is 59.7 Å². The van der Waals surface area contributed by atoms with E-state index in [1.54, 1.807) is 24.3 Å². The van der Waals surface area contributed by atoms with Crippen molar-refractivity contribution in [1.29, 1.82) is 0 Å². The zero-order valence-corrected chi connectivity index (χ0v) is 10.0. The second-order valence-electron chi connectivity index (χ2n) is 3.78. The minimum Gasteiger partial charge on any atom is -0.494 e. The molecule has 0 fully saturated rings. The third kappa shape index (κ3) is 2.65. The van der Waals surface area contributed by atoms with Gasteiger partial charge in [-0.15, -0.1) is 0 Å². The van der Waals surface area contributed by atoms with Crippen LogP contribution in [0, 0.1) is 5.82 Å². The summed E-state index contributed by atoms with van der Waals surface area (Å²) in [5.41, 5.74) is 0.574. The number of rotatable bonds is 4. The lowest BCUT2D eigenvalue weighted by atomic mass is 10.1. The number of nitrogens with zero attached hydrogens (tertiary/aromatic N) is 1. The van der Waals surface area contributed by atoms with Gasteiger partial charge in [-0.25, -0.2) is 4.39 Å². The molecule has 1 aromatic carbocycles. The molecule has 94 valence electrons. The Morgan fingerprint density at radius 3 is 2.89 bits per heavy atom. The average Bonchev–Trinajstić information content (AvgIpc) is 2.39. The van der Waals surface area contributed by atoms with E-state index in [1.807, 2.05) is 6.92 Å². The zero-order valence-electron chi connectivity index (χ0n) is 10.0. The fraction of sp³-hybridized carbons (Fsp3) is 0.214. The second-order valence-corrected chi connectivity index (χ2v) is 3.78. The van der Waals surface area contributed by atoms with E-state index >= 15 is 0 Å². The van der Waals surface area contributed by atoms with E-state index < -0.39 is 11.9 Å². The molecule has 0 radical (unpaired) electrons. The summed E-state index contributed by atoms with van der Waals surface area (Å²) in [6.07, 6.45) is 0.361. The number of hydrogen-bond acceptors (Lipinski definition) is 3. The van der Waals surface area contributed by atoms with Crippen LogP contribution in [0.3, 0.4) is 0 Å². The maximum Gasteiger partial charge on any atom is 0.147 e. The summed E-state index contributed by atoms with van der Waals surface area (Å²) >= 11 is 0. The third-order valence-electron chi connectivity index (χ3n) is 2.53. The number of ether oxygens (including phenoxy) is 1. The molecule has 1 heterocycles. The van der Waals surface area contributed by atoms with Gasteiger partial charge in [0.25, 0.3) is 0 Å². The molecule has 1 atom stereocenters. The van der Waals surface area contributed by atoms with Crippen LogP contribution in [0.2, 0.25) is 0 Å². The van der Waals surface area contributed by atoms with Gasteiger partial charge < -0.3 is 9.84 Å². The zero-order chi connectivity index (χ0) is 13.0. The number of benzene rings is 1. The molecule has 2 rings (SSSR count). The lowest BCUT2D eigenvalue weighted by Crippen LogP contribution is -2.05. The van der Waals surface area contributed by atoms with Gasteiger partial charge in [-0.1, -0.05) is 12.1 Å². The monoisotopic (exact) mass is 247 g/mol. The van der Waals surface area contributed by atoms with Crippen LogP contribution in [0.1, 0.15) is 24.3 Å². The highest BCUT2D eigenvalue weighted by molar-refractivity contribution is 5.33. The van der Waals surface area contributed by atoms with Crippen molar-refractivity contribution in [2.45, 2.75) is 13.0 Å². The summed E-state index contributed by atoms with van der Waals surface area (Å²) in [7, 11) is 0. The van der Waals surface area contributed by atoms with Crippen LogP contribution in [0.15, 0.2) is 42.6 Å². The van der Waals surface area contributed by atoms with Gasteiger partial charge in [-0.05, 0) is 36.8 Å². The van der Waals surface area contributed by atoms with E-state index in [0.29, 0.717) is 17.9 Å². The summed E-state index contributed by atoms with van der Waals surface area (Å²) < 4.78 is 18.9. The highest BCUT2D eigenvalue weighted by Gasteiger charge is 2.16. The molecule has 0 aliphatic carbocycles. The molecule has 0 bridgehead atoms. The first-order valence-electron chi connectivity index (χ1n) is 5.73. The van der Waals surface area contributed by atoms with Gasteiger partial charge in [0.05, 0.1) is 6.61 Å². The maximum absolute atomic E-state index is 13.5. The van der Waals surface area contributed by atoms with Crippen molar-refractivity contribution in [2.75, 3.05) is 6.61 Å². The molecule has 2 aromatic rings. The molecule has 0 saturated carbocycles. The van der Waals surface area contributed by atoms with E-state index in [1.165, 1.54) is 18.3 Å². The number of halogens is 1. The van der Waals surface area contributed by atoms with Crippen LogP contribution in [0.4, 0.5) is 4.39 Å². The van der Waals surface area contributed by atoms with Crippen LogP contribution in [0.5, 0.6) is 5.75 Å². The topological polar surface area (TPSA) is 42.4 Å². The van der Waals surface area contributed by atoms with Crippen molar-refractivity contribution < 1.29 is 14.2 Å². The van der Waals surface area contributed by atoms with E-state index in [2.05, 4.69) is 4.98 Å². The van der Waals surface area contributed by atoms with Crippen molar-refractivity contribution in [3.8, 4) is 5.75 Å². The maximum atomic E-state index is 13.5. The van der Waals surface area contributed by atoms with E-state index in [0.717, 1.165) is 0 Å². The van der Waals surface area contributed by atoms with Gasteiger partial charge in [0.1, 0.15) is 23.4 Å². The van der Waals surface area contributed by atoms with Gasteiger partial charge >= 0.3 is 0 Å².